The van der Waals surface area contributed by atoms with Gasteiger partial charge >= 0.3 is 0 Å². The Morgan fingerprint density at radius 3 is 2.70 bits per heavy atom. The Kier molecular flexibility index (Phi) is 5.24. The van der Waals surface area contributed by atoms with Gasteiger partial charge in [0.2, 0.25) is 5.91 Å². The minimum Gasteiger partial charge on any atom is -0.383 e. The molecule has 1 unspecified atom stereocenters. The largest absolute Gasteiger partial charge is 0.383 e. The van der Waals surface area contributed by atoms with Crippen LogP contribution in [0.25, 0.3) is 34.1 Å². The van der Waals surface area contributed by atoms with Crippen molar-refractivity contribution < 1.29 is 4.79 Å². The number of hydrogen-bond acceptors (Lipinski definition) is 7. The van der Waals surface area contributed by atoms with E-state index in [0.29, 0.717) is 41.4 Å². The second-order valence-corrected chi connectivity index (χ2v) is 11.0. The maximum Gasteiger partial charge on any atom is 0.225 e. The summed E-state index contributed by atoms with van der Waals surface area (Å²) in [5.41, 5.74) is 12.2. The zero-order chi connectivity index (χ0) is 26.8. The molecule has 40 heavy (non-hydrogen) atoms. The highest BCUT2D eigenvalue weighted by Crippen LogP contribution is 2.37. The number of hydrogen-bond donors (Lipinski definition) is 2. The molecule has 5 aromatic rings. The van der Waals surface area contributed by atoms with Crippen LogP contribution in [0, 0.1) is 5.92 Å². The first-order valence-electron chi connectivity index (χ1n) is 13.9. The molecule has 1 atom stereocenters. The minimum atomic E-state index is 0.294. The van der Waals surface area contributed by atoms with Gasteiger partial charge in [-0.25, -0.2) is 19.6 Å². The van der Waals surface area contributed by atoms with E-state index in [-0.39, 0.29) is 0 Å². The van der Waals surface area contributed by atoms with E-state index in [1.165, 1.54) is 11.1 Å². The van der Waals surface area contributed by atoms with Crippen LogP contribution in [0.1, 0.15) is 36.4 Å². The van der Waals surface area contributed by atoms with Crippen LogP contribution in [-0.4, -0.2) is 59.2 Å². The zero-order valence-corrected chi connectivity index (χ0v) is 21.9. The molecule has 1 saturated carbocycles. The number of anilines is 1. The van der Waals surface area contributed by atoms with Crippen LogP contribution in [0.5, 0.6) is 0 Å². The van der Waals surface area contributed by atoms with E-state index in [1.807, 2.05) is 41.4 Å². The molecule has 10 heteroatoms. The third kappa shape index (κ3) is 3.86. The number of aryl methyl sites for hydroxylation is 1. The SMILES string of the molecule is Nc1ncccc1-c1nc2ccc(-n3cccn3)nc2n1-c1ccc2c(c1)CCC2NC1CN(C(=O)C2CC2)C1. The Hall–Kier alpha value is -4.57. The van der Waals surface area contributed by atoms with Gasteiger partial charge in [-0.2, -0.15) is 5.10 Å². The summed E-state index contributed by atoms with van der Waals surface area (Å²) < 4.78 is 3.82. The van der Waals surface area contributed by atoms with E-state index in [2.05, 4.69) is 38.2 Å². The van der Waals surface area contributed by atoms with Crippen molar-refractivity contribution in [2.45, 2.75) is 37.8 Å². The maximum atomic E-state index is 12.3. The van der Waals surface area contributed by atoms with Gasteiger partial charge in [-0.15, -0.1) is 0 Å². The summed E-state index contributed by atoms with van der Waals surface area (Å²) in [6.45, 7) is 1.64. The number of imidazole rings is 1. The number of nitrogens with one attached hydrogen (secondary N) is 1. The quantitative estimate of drug-likeness (QED) is 0.344. The number of fused-ring (bicyclic) bond motifs is 2. The molecule has 1 amide bonds. The van der Waals surface area contributed by atoms with E-state index in [4.69, 9.17) is 15.7 Å². The molecule has 8 rings (SSSR count). The first-order chi connectivity index (χ1) is 19.6. The van der Waals surface area contributed by atoms with Crippen LogP contribution >= 0.6 is 0 Å². The first kappa shape index (κ1) is 23.3. The number of nitrogens with zero attached hydrogens (tertiary/aromatic N) is 7. The third-order valence-electron chi connectivity index (χ3n) is 8.33. The lowest BCUT2D eigenvalue weighted by molar-refractivity contribution is -0.137. The topological polar surface area (TPSA) is 120 Å². The minimum absolute atomic E-state index is 0.294. The van der Waals surface area contributed by atoms with Gasteiger partial charge in [0.1, 0.15) is 11.3 Å². The Bertz CT molecular complexity index is 1750. The molecule has 10 nitrogen and oxygen atoms in total. The molecule has 0 bridgehead atoms. The molecule has 1 aromatic carbocycles. The zero-order valence-electron chi connectivity index (χ0n) is 21.9. The summed E-state index contributed by atoms with van der Waals surface area (Å²) >= 11 is 0. The highest BCUT2D eigenvalue weighted by atomic mass is 16.2. The lowest BCUT2D eigenvalue weighted by Crippen LogP contribution is -2.60. The Balaban J connectivity index is 1.15. The number of carbonyl (C=O) groups excluding carboxylic acids is 1. The molecule has 2 fully saturated rings. The maximum absolute atomic E-state index is 12.3. The number of likely N-dealkylation sites (tertiary alicyclic amines) is 1. The monoisotopic (exact) mass is 531 g/mol. The van der Waals surface area contributed by atoms with Crippen LogP contribution < -0.4 is 11.1 Å². The van der Waals surface area contributed by atoms with Crippen LogP contribution in [0.3, 0.4) is 0 Å². The molecule has 1 aliphatic heterocycles. The molecule has 3 N–H and O–H groups in total. The van der Waals surface area contributed by atoms with Crippen molar-refractivity contribution in [1.29, 1.82) is 0 Å². The summed E-state index contributed by atoms with van der Waals surface area (Å²) in [6, 6.07) is 16.8. The van der Waals surface area contributed by atoms with Crippen molar-refractivity contribution in [1.82, 2.24) is 39.5 Å². The van der Waals surface area contributed by atoms with Gasteiger partial charge < -0.3 is 16.0 Å². The van der Waals surface area contributed by atoms with Crippen molar-refractivity contribution in [2.24, 2.45) is 5.92 Å². The number of amides is 1. The van der Waals surface area contributed by atoms with E-state index in [9.17, 15) is 4.79 Å². The smallest absolute Gasteiger partial charge is 0.225 e. The van der Waals surface area contributed by atoms with Gasteiger partial charge in [-0.05, 0) is 79.3 Å². The van der Waals surface area contributed by atoms with Gasteiger partial charge in [0.25, 0.3) is 0 Å². The van der Waals surface area contributed by atoms with Gasteiger partial charge in [-0.1, -0.05) is 6.07 Å². The second-order valence-electron chi connectivity index (χ2n) is 11.0. The third-order valence-corrected chi connectivity index (χ3v) is 8.33. The number of pyridine rings is 2. The fourth-order valence-corrected chi connectivity index (χ4v) is 6.06. The van der Waals surface area contributed by atoms with Crippen LogP contribution in [0.2, 0.25) is 0 Å². The predicted octanol–water partition coefficient (Wildman–Crippen LogP) is 3.45. The van der Waals surface area contributed by atoms with E-state index >= 15 is 0 Å². The standard InChI is InChI=1S/C30H29N9O/c31-27-23(3-1-12-32-27)28-35-25-10-11-26(38-14-2-13-33-38)36-29(25)39(28)21-7-8-22-19(15-21)6-9-24(22)34-20-16-37(17-20)30(40)18-4-5-18/h1-3,7-8,10-15,18,20,24,34H,4-6,9,16-17H2,(H2,31,32). The highest BCUT2D eigenvalue weighted by Gasteiger charge is 2.40. The number of benzene rings is 1. The van der Waals surface area contributed by atoms with Gasteiger partial charge in [-0.3, -0.25) is 9.36 Å². The van der Waals surface area contributed by atoms with Crippen LogP contribution in [-0.2, 0) is 11.2 Å². The van der Waals surface area contributed by atoms with Gasteiger partial charge in [0.05, 0.1) is 5.56 Å². The Morgan fingerprint density at radius 2 is 1.90 bits per heavy atom. The molecule has 0 radical (unpaired) electrons. The van der Waals surface area contributed by atoms with Crippen molar-refractivity contribution in [2.75, 3.05) is 18.8 Å². The van der Waals surface area contributed by atoms with E-state index in [1.54, 1.807) is 17.1 Å². The summed E-state index contributed by atoms with van der Waals surface area (Å²) in [5.74, 6) is 2.48. The lowest BCUT2D eigenvalue weighted by atomic mass is 10.0. The van der Waals surface area contributed by atoms with Crippen molar-refractivity contribution in [3.8, 4) is 22.9 Å². The number of carbonyl (C=O) groups is 1. The number of nitrogen functional groups attached to an aromatic ring is 1. The van der Waals surface area contributed by atoms with Crippen LogP contribution in [0.4, 0.5) is 5.82 Å². The van der Waals surface area contributed by atoms with Gasteiger partial charge in [0.15, 0.2) is 17.3 Å². The van der Waals surface area contributed by atoms with E-state index < -0.39 is 0 Å². The first-order valence-corrected chi connectivity index (χ1v) is 13.9. The molecular formula is C30H29N9O. The fraction of sp³-hybridized carbons (Fsp3) is 0.300. The molecule has 0 spiro atoms. The average Bonchev–Trinajstić information content (AvgIpc) is 3.33. The lowest BCUT2D eigenvalue weighted by Gasteiger charge is -2.41. The number of aromatic nitrogens is 6. The highest BCUT2D eigenvalue weighted by molar-refractivity contribution is 5.83. The van der Waals surface area contributed by atoms with Gasteiger partial charge in [0, 0.05) is 55.4 Å². The molecule has 2 aliphatic carbocycles. The number of nitrogens with two attached hydrogens (primary N) is 1. The summed E-state index contributed by atoms with van der Waals surface area (Å²) in [6.07, 6.45) is 9.45. The molecule has 1 saturated heterocycles. The van der Waals surface area contributed by atoms with Crippen molar-refractivity contribution in [3.63, 3.8) is 0 Å². The van der Waals surface area contributed by atoms with Crippen molar-refractivity contribution in [3.05, 3.63) is 78.2 Å². The molecule has 4 aromatic heterocycles. The molecule has 3 aliphatic rings. The Morgan fingerprint density at radius 1 is 1.00 bits per heavy atom. The van der Waals surface area contributed by atoms with Crippen LogP contribution in [0.15, 0.2) is 67.1 Å². The normalized spacial score (nSPS) is 18.7. The summed E-state index contributed by atoms with van der Waals surface area (Å²) in [5, 5.41) is 8.16. The summed E-state index contributed by atoms with van der Waals surface area (Å²) in [7, 11) is 0. The molecule has 200 valence electrons. The Labute approximate surface area is 230 Å². The molecular weight excluding hydrogens is 502 g/mol. The second kappa shape index (κ2) is 8.99. The number of rotatable bonds is 6. The molecule has 5 heterocycles. The predicted molar refractivity (Wildman–Crippen MR) is 151 cm³/mol. The fourth-order valence-electron chi connectivity index (χ4n) is 6.06. The van der Waals surface area contributed by atoms with Crippen molar-refractivity contribution >= 4 is 22.9 Å². The summed E-state index contributed by atoms with van der Waals surface area (Å²) in [4.78, 5) is 28.6. The average molecular weight is 532 g/mol. The van der Waals surface area contributed by atoms with E-state index in [0.717, 1.165) is 61.2 Å².